The second kappa shape index (κ2) is 8.32. The van der Waals surface area contributed by atoms with Gasteiger partial charge in [-0.25, -0.2) is 9.00 Å². The van der Waals surface area contributed by atoms with Crippen molar-refractivity contribution < 1.29 is 18.3 Å². The Hall–Kier alpha value is -1.71. The molecule has 142 valence electrons. The zero-order chi connectivity index (χ0) is 18.7. The van der Waals surface area contributed by atoms with Crippen LogP contribution in [0.4, 0.5) is 10.5 Å². The standard InChI is InChI=1S/C17H23N3O4S2/c1-12-10-19(17(21)24-11-13-2-3-13)8-9-20(12)16(25)14-4-6-15(7-5-14)18-26(22)23/h4-7,12-13,18H,2-3,8-11H2,1H3,(H,22,23)/t12-/m1/s1. The van der Waals surface area contributed by atoms with Crippen LogP contribution in [-0.4, -0.2) is 61.9 Å². The lowest BCUT2D eigenvalue weighted by molar-refractivity contribution is 0.0730. The van der Waals surface area contributed by atoms with Crippen LogP contribution in [0.2, 0.25) is 0 Å². The molecular formula is C17H23N3O4S2. The Bertz CT molecular complexity index is 694. The van der Waals surface area contributed by atoms with Crippen LogP contribution < -0.4 is 4.72 Å². The molecule has 2 N–H and O–H groups in total. The second-order valence-corrected chi connectivity index (χ2v) is 7.83. The number of carbonyl (C=O) groups excluding carboxylic acids is 1. The van der Waals surface area contributed by atoms with Gasteiger partial charge in [-0.05, 0) is 49.9 Å². The van der Waals surface area contributed by atoms with E-state index in [-0.39, 0.29) is 12.1 Å². The van der Waals surface area contributed by atoms with E-state index in [1.807, 2.05) is 19.1 Å². The minimum Gasteiger partial charge on any atom is -0.449 e. The molecule has 7 nitrogen and oxygen atoms in total. The topological polar surface area (TPSA) is 82.1 Å². The molecule has 2 fully saturated rings. The highest BCUT2D eigenvalue weighted by molar-refractivity contribution is 7.80. The first-order chi connectivity index (χ1) is 12.4. The number of thiocarbonyl (C=S) groups is 1. The van der Waals surface area contributed by atoms with Crippen molar-refractivity contribution in [2.75, 3.05) is 31.0 Å². The average molecular weight is 398 g/mol. The molecule has 2 atom stereocenters. The van der Waals surface area contributed by atoms with E-state index < -0.39 is 11.3 Å². The van der Waals surface area contributed by atoms with Gasteiger partial charge in [0.15, 0.2) is 0 Å². The van der Waals surface area contributed by atoms with E-state index in [2.05, 4.69) is 9.62 Å². The molecule has 1 unspecified atom stereocenters. The third-order valence-corrected chi connectivity index (χ3v) is 5.50. The first kappa shape index (κ1) is 19.1. The number of benzene rings is 1. The summed E-state index contributed by atoms with van der Waals surface area (Å²) in [5.74, 6) is 0.561. The first-order valence-electron chi connectivity index (χ1n) is 8.64. The van der Waals surface area contributed by atoms with Crippen LogP contribution in [0.15, 0.2) is 24.3 Å². The van der Waals surface area contributed by atoms with Crippen LogP contribution in [0, 0.1) is 5.92 Å². The Labute approximate surface area is 161 Å². The van der Waals surface area contributed by atoms with Gasteiger partial charge in [-0.15, -0.1) is 0 Å². The number of hydrogen-bond acceptors (Lipinski definition) is 4. The van der Waals surface area contributed by atoms with Crippen LogP contribution in [0.25, 0.3) is 0 Å². The smallest absolute Gasteiger partial charge is 0.409 e. The predicted octanol–water partition coefficient (Wildman–Crippen LogP) is 2.46. The summed E-state index contributed by atoms with van der Waals surface area (Å²) in [6, 6.07) is 7.16. The molecule has 1 aromatic carbocycles. The number of nitrogens with zero attached hydrogens (tertiary/aromatic N) is 2. The quantitative estimate of drug-likeness (QED) is 0.587. The minimum absolute atomic E-state index is 0.0903. The Morgan fingerprint density at radius 3 is 2.62 bits per heavy atom. The summed E-state index contributed by atoms with van der Waals surface area (Å²) in [7, 11) is 0. The molecule has 3 rings (SSSR count). The number of hydrogen-bond donors (Lipinski definition) is 2. The van der Waals surface area contributed by atoms with Gasteiger partial charge in [0, 0.05) is 36.9 Å². The molecule has 1 heterocycles. The lowest BCUT2D eigenvalue weighted by atomic mass is 10.1. The summed E-state index contributed by atoms with van der Waals surface area (Å²) in [4.78, 5) is 16.7. The average Bonchev–Trinajstić information content (AvgIpc) is 3.43. The number of nitrogens with one attached hydrogen (secondary N) is 1. The maximum absolute atomic E-state index is 12.1. The summed E-state index contributed by atoms with van der Waals surface area (Å²) in [6.07, 6.45) is 2.09. The first-order valence-corrected chi connectivity index (χ1v) is 10.2. The van der Waals surface area contributed by atoms with E-state index in [1.165, 1.54) is 0 Å². The van der Waals surface area contributed by atoms with E-state index in [9.17, 15) is 9.00 Å². The van der Waals surface area contributed by atoms with Crippen molar-refractivity contribution >= 4 is 40.3 Å². The van der Waals surface area contributed by atoms with Gasteiger partial charge in [0.25, 0.3) is 11.3 Å². The normalized spacial score (nSPS) is 21.2. The van der Waals surface area contributed by atoms with Gasteiger partial charge in [-0.3, -0.25) is 9.27 Å². The summed E-state index contributed by atoms with van der Waals surface area (Å²) >= 11 is 3.51. The van der Waals surface area contributed by atoms with Gasteiger partial charge >= 0.3 is 6.09 Å². The molecule has 9 heteroatoms. The number of piperazine rings is 1. The van der Waals surface area contributed by atoms with Crippen molar-refractivity contribution in [2.45, 2.75) is 25.8 Å². The Morgan fingerprint density at radius 2 is 2.04 bits per heavy atom. The number of ether oxygens (including phenoxy) is 1. The highest BCUT2D eigenvalue weighted by Crippen LogP contribution is 2.29. The molecule has 0 bridgehead atoms. The predicted molar refractivity (Wildman–Crippen MR) is 104 cm³/mol. The minimum atomic E-state index is -2.10. The zero-order valence-electron chi connectivity index (χ0n) is 14.6. The van der Waals surface area contributed by atoms with Gasteiger partial charge in [0.1, 0.15) is 4.99 Å². The number of amides is 1. The molecule has 1 aliphatic carbocycles. The molecule has 0 spiro atoms. The van der Waals surface area contributed by atoms with Gasteiger partial charge in [-0.2, -0.15) is 0 Å². The monoisotopic (exact) mass is 397 g/mol. The fourth-order valence-electron chi connectivity index (χ4n) is 2.94. The van der Waals surface area contributed by atoms with E-state index in [0.717, 1.165) is 18.4 Å². The third kappa shape index (κ3) is 4.93. The van der Waals surface area contributed by atoms with Crippen LogP contribution in [-0.2, 0) is 16.0 Å². The lowest BCUT2D eigenvalue weighted by Gasteiger charge is -2.40. The van der Waals surface area contributed by atoms with Crippen LogP contribution >= 0.6 is 12.2 Å². The molecule has 0 aromatic heterocycles. The van der Waals surface area contributed by atoms with Gasteiger partial charge in [0.05, 0.1) is 6.61 Å². The van der Waals surface area contributed by atoms with Crippen LogP contribution in [0.5, 0.6) is 0 Å². The Morgan fingerprint density at radius 1 is 1.35 bits per heavy atom. The maximum atomic E-state index is 12.1. The van der Waals surface area contributed by atoms with Crippen LogP contribution in [0.3, 0.4) is 0 Å². The van der Waals surface area contributed by atoms with E-state index in [0.29, 0.717) is 42.8 Å². The number of rotatable bonds is 5. The SMILES string of the molecule is C[C@@H]1CN(C(=O)OCC2CC2)CCN1C(=S)c1ccc(NS(=O)O)cc1. The van der Waals surface area contributed by atoms with Crippen molar-refractivity contribution in [3.8, 4) is 0 Å². The van der Waals surface area contributed by atoms with E-state index in [4.69, 9.17) is 21.5 Å². The summed E-state index contributed by atoms with van der Waals surface area (Å²) in [5, 5.41) is 0. The molecular weight excluding hydrogens is 374 g/mol. The third-order valence-electron chi connectivity index (χ3n) is 4.62. The molecule has 26 heavy (non-hydrogen) atoms. The Kier molecular flexibility index (Phi) is 6.10. The summed E-state index contributed by atoms with van der Waals surface area (Å²) in [5.41, 5.74) is 1.42. The van der Waals surface area contributed by atoms with Crippen molar-refractivity contribution in [1.29, 1.82) is 0 Å². The fraction of sp³-hybridized carbons (Fsp3) is 0.529. The van der Waals surface area contributed by atoms with Gasteiger partial charge < -0.3 is 14.5 Å². The highest BCUT2D eigenvalue weighted by Gasteiger charge is 2.30. The highest BCUT2D eigenvalue weighted by atomic mass is 32.2. The van der Waals surface area contributed by atoms with E-state index in [1.54, 1.807) is 17.0 Å². The fourth-order valence-corrected chi connectivity index (χ4v) is 3.68. The molecule has 1 aliphatic heterocycles. The maximum Gasteiger partial charge on any atom is 0.409 e. The second-order valence-electron chi connectivity index (χ2n) is 6.74. The molecule has 1 aromatic rings. The molecule has 1 saturated heterocycles. The van der Waals surface area contributed by atoms with Crippen molar-refractivity contribution in [2.24, 2.45) is 5.92 Å². The summed E-state index contributed by atoms with van der Waals surface area (Å²) in [6.45, 7) is 4.38. The van der Waals surface area contributed by atoms with Crippen molar-refractivity contribution in [1.82, 2.24) is 9.80 Å². The van der Waals surface area contributed by atoms with Gasteiger partial charge in [0.2, 0.25) is 0 Å². The lowest BCUT2D eigenvalue weighted by Crippen LogP contribution is -2.55. The number of carbonyl (C=O) groups is 1. The van der Waals surface area contributed by atoms with Crippen molar-refractivity contribution in [3.05, 3.63) is 29.8 Å². The Balaban J connectivity index is 1.55. The molecule has 2 aliphatic rings. The summed E-state index contributed by atoms with van der Waals surface area (Å²) < 4.78 is 27.4. The van der Waals surface area contributed by atoms with Crippen molar-refractivity contribution in [3.63, 3.8) is 0 Å². The zero-order valence-corrected chi connectivity index (χ0v) is 16.2. The largest absolute Gasteiger partial charge is 0.449 e. The molecule has 0 radical (unpaired) electrons. The van der Waals surface area contributed by atoms with E-state index >= 15 is 0 Å². The van der Waals surface area contributed by atoms with Gasteiger partial charge in [-0.1, -0.05) is 12.2 Å². The molecule has 1 amide bonds. The van der Waals surface area contributed by atoms with Crippen LogP contribution in [0.1, 0.15) is 25.3 Å². The molecule has 1 saturated carbocycles. The number of anilines is 1.